The lowest BCUT2D eigenvalue weighted by Crippen LogP contribution is -1.86. The van der Waals surface area contributed by atoms with E-state index in [0.717, 1.165) is 50.3 Å². The third kappa shape index (κ3) is 4.46. The summed E-state index contributed by atoms with van der Waals surface area (Å²) >= 11 is 3.53. The highest BCUT2D eigenvalue weighted by Gasteiger charge is 2.05. The van der Waals surface area contributed by atoms with Crippen LogP contribution >= 0.6 is 23.5 Å². The molecule has 0 aliphatic carbocycles. The largest absolute Gasteiger partial charge is 0.333 e. The SMILES string of the molecule is N#Cc1ccc2nc(SCCCCCSc3nc4ccccc4[nH]3)[nH]c2c1. The van der Waals surface area contributed by atoms with Crippen molar-refractivity contribution in [2.24, 2.45) is 0 Å². The van der Waals surface area contributed by atoms with Gasteiger partial charge in [-0.1, -0.05) is 42.1 Å². The van der Waals surface area contributed by atoms with Crippen LogP contribution in [0.25, 0.3) is 22.1 Å². The summed E-state index contributed by atoms with van der Waals surface area (Å²) in [5, 5.41) is 10.9. The molecule has 27 heavy (non-hydrogen) atoms. The molecule has 4 rings (SSSR count). The van der Waals surface area contributed by atoms with E-state index in [0.29, 0.717) is 5.56 Å². The Kier molecular flexibility index (Phi) is 5.66. The van der Waals surface area contributed by atoms with E-state index in [4.69, 9.17) is 5.26 Å². The number of nitrogens with one attached hydrogen (secondary N) is 2. The van der Waals surface area contributed by atoms with Crippen LogP contribution in [0.2, 0.25) is 0 Å². The monoisotopic (exact) mass is 393 g/mol. The fourth-order valence-electron chi connectivity index (χ4n) is 2.84. The molecule has 2 heterocycles. The molecule has 0 fully saturated rings. The predicted octanol–water partition coefficient (Wildman–Crippen LogP) is 5.37. The van der Waals surface area contributed by atoms with E-state index in [1.807, 2.05) is 30.3 Å². The molecule has 0 saturated carbocycles. The maximum atomic E-state index is 8.96. The summed E-state index contributed by atoms with van der Waals surface area (Å²) in [6.45, 7) is 0. The molecule has 0 aliphatic heterocycles. The third-order valence-electron chi connectivity index (χ3n) is 4.22. The van der Waals surface area contributed by atoms with Gasteiger partial charge in [-0.05, 0) is 43.2 Å². The van der Waals surface area contributed by atoms with Crippen molar-refractivity contribution < 1.29 is 0 Å². The van der Waals surface area contributed by atoms with E-state index < -0.39 is 0 Å². The average Bonchev–Trinajstić information content (AvgIpc) is 3.29. The molecule has 0 radical (unpaired) electrons. The van der Waals surface area contributed by atoms with Gasteiger partial charge in [-0.3, -0.25) is 0 Å². The van der Waals surface area contributed by atoms with Gasteiger partial charge in [0, 0.05) is 11.5 Å². The second-order valence-electron chi connectivity index (χ2n) is 6.20. The van der Waals surface area contributed by atoms with Gasteiger partial charge in [0.05, 0.1) is 33.7 Å². The number of thioether (sulfide) groups is 2. The molecule has 2 aromatic carbocycles. The zero-order valence-corrected chi connectivity index (χ0v) is 16.4. The van der Waals surface area contributed by atoms with Gasteiger partial charge in [0.15, 0.2) is 10.3 Å². The predicted molar refractivity (Wildman–Crippen MR) is 112 cm³/mol. The summed E-state index contributed by atoms with van der Waals surface area (Å²) < 4.78 is 0. The van der Waals surface area contributed by atoms with E-state index in [9.17, 15) is 0 Å². The first-order valence-electron chi connectivity index (χ1n) is 8.92. The Morgan fingerprint density at radius 3 is 2.19 bits per heavy atom. The van der Waals surface area contributed by atoms with E-state index in [1.165, 1.54) is 12.8 Å². The van der Waals surface area contributed by atoms with Crippen LogP contribution in [0.4, 0.5) is 0 Å². The number of hydrogen-bond donors (Lipinski definition) is 2. The molecule has 0 unspecified atom stereocenters. The number of imidazole rings is 2. The Morgan fingerprint density at radius 2 is 1.48 bits per heavy atom. The Bertz CT molecular complexity index is 1060. The van der Waals surface area contributed by atoms with E-state index in [2.05, 4.69) is 32.1 Å². The number of aromatic amines is 2. The molecule has 0 bridgehead atoms. The second-order valence-corrected chi connectivity index (χ2v) is 8.37. The summed E-state index contributed by atoms with van der Waals surface area (Å²) in [7, 11) is 0. The van der Waals surface area contributed by atoms with Crippen LogP contribution in [-0.2, 0) is 0 Å². The van der Waals surface area contributed by atoms with Crippen LogP contribution in [0.5, 0.6) is 0 Å². The first kappa shape index (κ1) is 18.0. The Hall–Kier alpha value is -2.43. The molecule has 7 heteroatoms. The second kappa shape index (κ2) is 8.51. The minimum absolute atomic E-state index is 0.657. The molecule has 0 amide bonds. The Balaban J connectivity index is 1.17. The van der Waals surface area contributed by atoms with Gasteiger partial charge in [-0.25, -0.2) is 9.97 Å². The van der Waals surface area contributed by atoms with Crippen LogP contribution in [0, 0.1) is 11.3 Å². The first-order valence-corrected chi connectivity index (χ1v) is 10.9. The van der Waals surface area contributed by atoms with Gasteiger partial charge < -0.3 is 9.97 Å². The summed E-state index contributed by atoms with van der Waals surface area (Å²) in [6, 6.07) is 15.8. The van der Waals surface area contributed by atoms with E-state index in [-0.39, 0.29) is 0 Å². The van der Waals surface area contributed by atoms with Crippen molar-refractivity contribution in [1.82, 2.24) is 19.9 Å². The third-order valence-corrected chi connectivity index (χ3v) is 6.14. The molecule has 0 aliphatic rings. The molecular weight excluding hydrogens is 374 g/mol. The highest BCUT2D eigenvalue weighted by Crippen LogP contribution is 2.23. The molecule has 5 nitrogen and oxygen atoms in total. The van der Waals surface area contributed by atoms with Crippen molar-refractivity contribution in [3.05, 3.63) is 48.0 Å². The molecular formula is C20H19N5S2. The standard InChI is InChI=1S/C20H19N5S2/c21-13-14-8-9-17-18(12-14)25-20(24-17)27-11-5-1-4-10-26-19-22-15-6-2-3-7-16(15)23-19/h2-3,6-9,12H,1,4-5,10-11H2,(H,22,23)(H,24,25). The normalized spacial score (nSPS) is 11.2. The van der Waals surface area contributed by atoms with Crippen LogP contribution in [0.3, 0.4) is 0 Å². The smallest absolute Gasteiger partial charge is 0.166 e. The number of para-hydroxylation sites is 2. The maximum absolute atomic E-state index is 8.96. The molecule has 0 saturated heterocycles. The number of hydrogen-bond acceptors (Lipinski definition) is 5. The number of rotatable bonds is 8. The van der Waals surface area contributed by atoms with Gasteiger partial charge in [0.1, 0.15) is 0 Å². The molecule has 4 aromatic rings. The topological polar surface area (TPSA) is 81.2 Å². The van der Waals surface area contributed by atoms with Gasteiger partial charge in [-0.15, -0.1) is 0 Å². The Morgan fingerprint density at radius 1 is 0.815 bits per heavy atom. The first-order chi connectivity index (χ1) is 13.3. The number of unbranched alkanes of at least 4 members (excludes halogenated alkanes) is 2. The molecule has 0 atom stereocenters. The average molecular weight is 394 g/mol. The number of H-pyrrole nitrogens is 2. The van der Waals surface area contributed by atoms with Crippen LogP contribution in [-0.4, -0.2) is 31.4 Å². The molecule has 2 aromatic heterocycles. The minimum atomic E-state index is 0.657. The molecule has 2 N–H and O–H groups in total. The quantitative estimate of drug-likeness (QED) is 0.311. The maximum Gasteiger partial charge on any atom is 0.166 e. The number of nitrogens with zero attached hydrogens (tertiary/aromatic N) is 3. The van der Waals surface area contributed by atoms with Crippen LogP contribution < -0.4 is 0 Å². The molecule has 0 spiro atoms. The van der Waals surface area contributed by atoms with Crippen molar-refractivity contribution in [2.45, 2.75) is 29.6 Å². The fraction of sp³-hybridized carbons (Fsp3) is 0.250. The van der Waals surface area contributed by atoms with E-state index >= 15 is 0 Å². The van der Waals surface area contributed by atoms with Crippen molar-refractivity contribution in [3.8, 4) is 6.07 Å². The fourth-order valence-corrected chi connectivity index (χ4v) is 4.61. The number of nitriles is 1. The van der Waals surface area contributed by atoms with Gasteiger partial charge in [0.2, 0.25) is 0 Å². The number of benzene rings is 2. The summed E-state index contributed by atoms with van der Waals surface area (Å²) in [4.78, 5) is 15.8. The molecule has 136 valence electrons. The van der Waals surface area contributed by atoms with Crippen molar-refractivity contribution in [3.63, 3.8) is 0 Å². The summed E-state index contributed by atoms with van der Waals surface area (Å²) in [5.41, 5.74) is 4.63. The Labute approximate surface area is 166 Å². The van der Waals surface area contributed by atoms with Crippen LogP contribution in [0.1, 0.15) is 24.8 Å². The highest BCUT2D eigenvalue weighted by atomic mass is 32.2. The lowest BCUT2D eigenvalue weighted by atomic mass is 10.2. The summed E-state index contributed by atoms with van der Waals surface area (Å²) in [6.07, 6.45) is 3.53. The van der Waals surface area contributed by atoms with Gasteiger partial charge in [0.25, 0.3) is 0 Å². The van der Waals surface area contributed by atoms with Crippen molar-refractivity contribution in [1.29, 1.82) is 5.26 Å². The zero-order chi connectivity index (χ0) is 18.5. The lowest BCUT2D eigenvalue weighted by molar-refractivity contribution is 0.783. The highest BCUT2D eigenvalue weighted by molar-refractivity contribution is 7.99. The lowest BCUT2D eigenvalue weighted by Gasteiger charge is -1.99. The number of aromatic nitrogens is 4. The van der Waals surface area contributed by atoms with Crippen molar-refractivity contribution >= 4 is 45.6 Å². The zero-order valence-electron chi connectivity index (χ0n) is 14.7. The van der Waals surface area contributed by atoms with Crippen molar-refractivity contribution in [2.75, 3.05) is 11.5 Å². The van der Waals surface area contributed by atoms with E-state index in [1.54, 1.807) is 29.6 Å². The van der Waals surface area contributed by atoms with Gasteiger partial charge in [-0.2, -0.15) is 5.26 Å². The summed E-state index contributed by atoms with van der Waals surface area (Å²) in [5.74, 6) is 2.12. The van der Waals surface area contributed by atoms with Crippen LogP contribution in [0.15, 0.2) is 52.8 Å². The van der Waals surface area contributed by atoms with Gasteiger partial charge >= 0.3 is 0 Å². The minimum Gasteiger partial charge on any atom is -0.333 e. The number of fused-ring (bicyclic) bond motifs is 2.